The van der Waals surface area contributed by atoms with Gasteiger partial charge in [-0.1, -0.05) is 12.1 Å². The van der Waals surface area contributed by atoms with Crippen molar-refractivity contribution >= 4 is 5.97 Å². The average molecular weight is 205 g/mol. The Hall–Kier alpha value is -2.37. The quantitative estimate of drug-likeness (QED) is 0.663. The molecule has 15 heavy (non-hydrogen) atoms. The molecule has 0 aliphatic carbocycles. The third kappa shape index (κ3) is 1.78. The Kier molecular flexibility index (Phi) is 2.09. The first kappa shape index (κ1) is 9.20. The number of benzene rings is 1. The zero-order valence-corrected chi connectivity index (χ0v) is 7.52. The van der Waals surface area contributed by atoms with Gasteiger partial charge >= 0.3 is 11.7 Å². The van der Waals surface area contributed by atoms with Crippen LogP contribution in [-0.4, -0.2) is 26.3 Å². The minimum absolute atomic E-state index is 0.191. The molecule has 0 aliphatic rings. The fourth-order valence-electron chi connectivity index (χ4n) is 1.18. The van der Waals surface area contributed by atoms with Gasteiger partial charge in [-0.2, -0.15) is 5.10 Å². The second-order valence-corrected chi connectivity index (χ2v) is 2.91. The van der Waals surface area contributed by atoms with Crippen molar-refractivity contribution in [3.8, 4) is 11.4 Å². The van der Waals surface area contributed by atoms with E-state index in [1.807, 2.05) is 0 Å². The molecule has 1 heterocycles. The Morgan fingerprint density at radius 2 is 1.93 bits per heavy atom. The minimum atomic E-state index is -0.989. The Labute approximate surface area is 83.6 Å². The maximum Gasteiger partial charge on any atom is 0.340 e. The van der Waals surface area contributed by atoms with Gasteiger partial charge < -0.3 is 5.11 Å². The van der Waals surface area contributed by atoms with Crippen LogP contribution in [0, 0.1) is 0 Å². The van der Waals surface area contributed by atoms with Crippen molar-refractivity contribution in [3.63, 3.8) is 0 Å². The lowest BCUT2D eigenvalue weighted by Crippen LogP contribution is -2.00. The number of carboxylic acid groups (broad SMARTS) is 1. The third-order valence-electron chi connectivity index (χ3n) is 1.91. The molecule has 0 saturated heterocycles. The topological polar surface area (TPSA) is 98.8 Å². The summed E-state index contributed by atoms with van der Waals surface area (Å²) < 4.78 is 0. The number of rotatable bonds is 2. The van der Waals surface area contributed by atoms with Crippen molar-refractivity contribution in [2.24, 2.45) is 0 Å². The molecule has 76 valence electrons. The van der Waals surface area contributed by atoms with Crippen LogP contribution in [0.3, 0.4) is 0 Å². The SMILES string of the molecule is O=C(O)c1ccc(-c2n[nH]c(=O)[nH]2)cc1. The first-order chi connectivity index (χ1) is 7.16. The summed E-state index contributed by atoms with van der Waals surface area (Å²) in [6, 6.07) is 6.06. The van der Waals surface area contributed by atoms with Crippen LogP contribution in [0.4, 0.5) is 0 Å². The smallest absolute Gasteiger partial charge is 0.340 e. The van der Waals surface area contributed by atoms with Gasteiger partial charge in [0.1, 0.15) is 0 Å². The standard InChI is InChI=1S/C9H7N3O3/c13-8(14)6-3-1-5(2-4-6)7-10-9(15)12-11-7/h1-4H,(H,13,14)(H2,10,11,12,15). The number of hydrogen-bond donors (Lipinski definition) is 3. The molecule has 0 bridgehead atoms. The molecule has 6 heteroatoms. The number of aromatic nitrogens is 3. The van der Waals surface area contributed by atoms with E-state index in [-0.39, 0.29) is 5.56 Å². The van der Waals surface area contributed by atoms with Gasteiger partial charge in [-0.25, -0.2) is 14.7 Å². The van der Waals surface area contributed by atoms with Gasteiger partial charge in [0.25, 0.3) is 0 Å². The van der Waals surface area contributed by atoms with Gasteiger partial charge in [-0.15, -0.1) is 0 Å². The number of carbonyl (C=O) groups is 1. The molecule has 3 N–H and O–H groups in total. The van der Waals surface area contributed by atoms with Crippen molar-refractivity contribution in [2.45, 2.75) is 0 Å². The summed E-state index contributed by atoms with van der Waals surface area (Å²) >= 11 is 0. The summed E-state index contributed by atoms with van der Waals surface area (Å²) in [6.45, 7) is 0. The lowest BCUT2D eigenvalue weighted by Gasteiger charge is -1.96. The van der Waals surface area contributed by atoms with E-state index in [1.165, 1.54) is 12.1 Å². The van der Waals surface area contributed by atoms with E-state index in [2.05, 4.69) is 15.2 Å². The summed E-state index contributed by atoms with van der Waals surface area (Å²) in [5, 5.41) is 14.6. The molecule has 0 fully saturated rings. The summed E-state index contributed by atoms with van der Waals surface area (Å²) in [6.07, 6.45) is 0. The molecule has 2 rings (SSSR count). The lowest BCUT2D eigenvalue weighted by atomic mass is 10.1. The van der Waals surface area contributed by atoms with E-state index < -0.39 is 11.7 Å². The Balaban J connectivity index is 2.39. The van der Waals surface area contributed by atoms with Crippen molar-refractivity contribution in [1.29, 1.82) is 0 Å². The highest BCUT2D eigenvalue weighted by atomic mass is 16.4. The van der Waals surface area contributed by atoms with Crippen LogP contribution in [-0.2, 0) is 0 Å². The van der Waals surface area contributed by atoms with Crippen molar-refractivity contribution in [1.82, 2.24) is 15.2 Å². The van der Waals surface area contributed by atoms with Crippen LogP contribution in [0.1, 0.15) is 10.4 Å². The lowest BCUT2D eigenvalue weighted by molar-refractivity contribution is 0.0697. The largest absolute Gasteiger partial charge is 0.478 e. The Morgan fingerprint density at radius 3 is 2.40 bits per heavy atom. The number of hydrogen-bond acceptors (Lipinski definition) is 3. The Bertz CT molecular complexity index is 538. The molecule has 2 aromatic rings. The molecular weight excluding hydrogens is 198 g/mol. The van der Waals surface area contributed by atoms with E-state index in [4.69, 9.17) is 5.11 Å². The average Bonchev–Trinajstić information content (AvgIpc) is 2.65. The van der Waals surface area contributed by atoms with Crippen LogP contribution in [0.25, 0.3) is 11.4 Å². The predicted octanol–water partition coefficient (Wildman–Crippen LogP) is 0.463. The van der Waals surface area contributed by atoms with Gasteiger partial charge in [0.15, 0.2) is 5.82 Å². The third-order valence-corrected chi connectivity index (χ3v) is 1.91. The molecule has 0 amide bonds. The molecule has 6 nitrogen and oxygen atoms in total. The zero-order chi connectivity index (χ0) is 10.8. The van der Waals surface area contributed by atoms with E-state index in [9.17, 15) is 9.59 Å². The first-order valence-corrected chi connectivity index (χ1v) is 4.15. The summed E-state index contributed by atoms with van der Waals surface area (Å²) in [5.74, 6) is -0.603. The number of aromatic amines is 2. The monoisotopic (exact) mass is 205 g/mol. The van der Waals surface area contributed by atoms with Gasteiger partial charge in [-0.05, 0) is 12.1 Å². The highest BCUT2D eigenvalue weighted by molar-refractivity contribution is 5.88. The molecule has 0 aliphatic heterocycles. The molecule has 1 aromatic carbocycles. The molecule has 0 saturated carbocycles. The van der Waals surface area contributed by atoms with E-state index in [0.29, 0.717) is 11.4 Å². The van der Waals surface area contributed by atoms with Crippen LogP contribution in [0.2, 0.25) is 0 Å². The second-order valence-electron chi connectivity index (χ2n) is 2.91. The highest BCUT2D eigenvalue weighted by Crippen LogP contribution is 2.13. The molecule has 0 radical (unpaired) electrons. The number of nitrogens with one attached hydrogen (secondary N) is 2. The zero-order valence-electron chi connectivity index (χ0n) is 7.52. The van der Waals surface area contributed by atoms with Crippen LogP contribution < -0.4 is 5.69 Å². The minimum Gasteiger partial charge on any atom is -0.478 e. The normalized spacial score (nSPS) is 10.1. The van der Waals surface area contributed by atoms with E-state index >= 15 is 0 Å². The second kappa shape index (κ2) is 3.41. The fraction of sp³-hybridized carbons (Fsp3) is 0. The highest BCUT2D eigenvalue weighted by Gasteiger charge is 2.05. The van der Waals surface area contributed by atoms with E-state index in [1.54, 1.807) is 12.1 Å². The van der Waals surface area contributed by atoms with Crippen molar-refractivity contribution in [3.05, 3.63) is 40.3 Å². The summed E-state index contributed by atoms with van der Waals surface area (Å²) in [4.78, 5) is 23.8. The van der Waals surface area contributed by atoms with Gasteiger partial charge in [0, 0.05) is 5.56 Å². The first-order valence-electron chi connectivity index (χ1n) is 4.15. The summed E-state index contributed by atoms with van der Waals surface area (Å²) in [7, 11) is 0. The van der Waals surface area contributed by atoms with Crippen LogP contribution in [0.5, 0.6) is 0 Å². The maximum atomic E-state index is 10.8. The predicted molar refractivity (Wildman–Crippen MR) is 51.6 cm³/mol. The van der Waals surface area contributed by atoms with Crippen LogP contribution >= 0.6 is 0 Å². The van der Waals surface area contributed by atoms with E-state index in [0.717, 1.165) is 0 Å². The van der Waals surface area contributed by atoms with Crippen molar-refractivity contribution < 1.29 is 9.90 Å². The number of nitrogens with zero attached hydrogens (tertiary/aromatic N) is 1. The Morgan fingerprint density at radius 1 is 1.27 bits per heavy atom. The molecule has 0 unspecified atom stereocenters. The maximum absolute atomic E-state index is 10.8. The number of H-pyrrole nitrogens is 2. The van der Waals surface area contributed by atoms with Crippen molar-refractivity contribution in [2.75, 3.05) is 0 Å². The molecule has 0 spiro atoms. The molecule has 1 aromatic heterocycles. The van der Waals surface area contributed by atoms with Crippen LogP contribution in [0.15, 0.2) is 29.1 Å². The fourth-order valence-corrected chi connectivity index (χ4v) is 1.18. The number of carboxylic acids is 1. The van der Waals surface area contributed by atoms with Gasteiger partial charge in [0.2, 0.25) is 0 Å². The number of aromatic carboxylic acids is 1. The van der Waals surface area contributed by atoms with Gasteiger partial charge in [-0.3, -0.25) is 4.98 Å². The summed E-state index contributed by atoms with van der Waals surface area (Å²) in [5.41, 5.74) is 0.447. The van der Waals surface area contributed by atoms with Gasteiger partial charge in [0.05, 0.1) is 5.56 Å². The molecular formula is C9H7N3O3. The molecule has 0 atom stereocenters.